The van der Waals surface area contributed by atoms with E-state index in [1.807, 2.05) is 0 Å². The maximum Gasteiger partial charge on any atom is 0.338 e. The summed E-state index contributed by atoms with van der Waals surface area (Å²) in [5, 5.41) is 0. The predicted octanol–water partition coefficient (Wildman–Crippen LogP) is 4.16. The van der Waals surface area contributed by atoms with E-state index in [0.717, 1.165) is 30.2 Å². The van der Waals surface area contributed by atoms with Gasteiger partial charge in [0, 0.05) is 10.2 Å². The van der Waals surface area contributed by atoms with E-state index >= 15 is 0 Å². The minimum Gasteiger partial charge on any atom is -0.458 e. The van der Waals surface area contributed by atoms with Gasteiger partial charge in [-0.2, -0.15) is 0 Å². The Kier molecular flexibility index (Phi) is 4.86. The molecule has 1 aliphatic carbocycles. The van der Waals surface area contributed by atoms with Crippen LogP contribution in [-0.4, -0.2) is 12.1 Å². The number of benzene rings is 1. The highest BCUT2D eigenvalue weighted by molar-refractivity contribution is 9.10. The zero-order valence-electron chi connectivity index (χ0n) is 11.2. The topological polar surface area (TPSA) is 52.3 Å². The van der Waals surface area contributed by atoms with E-state index in [1.165, 1.54) is 6.42 Å². The van der Waals surface area contributed by atoms with Crippen LogP contribution in [0.5, 0.6) is 0 Å². The Morgan fingerprint density at radius 1 is 1.42 bits per heavy atom. The average Bonchev–Trinajstić information content (AvgIpc) is 2.42. The molecular formula is C15H20BrNO2. The number of carbonyl (C=O) groups is 1. The molecule has 1 saturated carbocycles. The Balaban J connectivity index is 2.05. The molecule has 0 aromatic heterocycles. The lowest BCUT2D eigenvalue weighted by Crippen LogP contribution is -2.29. The molecule has 0 heterocycles. The van der Waals surface area contributed by atoms with Gasteiger partial charge in [-0.25, -0.2) is 4.79 Å². The first-order chi connectivity index (χ1) is 9.11. The second-order valence-corrected chi connectivity index (χ2v) is 5.99. The molecule has 104 valence electrons. The van der Waals surface area contributed by atoms with Crippen LogP contribution in [0.4, 0.5) is 5.69 Å². The van der Waals surface area contributed by atoms with E-state index < -0.39 is 0 Å². The highest BCUT2D eigenvalue weighted by Crippen LogP contribution is 2.30. The molecule has 4 heteroatoms. The van der Waals surface area contributed by atoms with Crippen molar-refractivity contribution in [1.29, 1.82) is 0 Å². The SMILES string of the molecule is CCC1CCCCC1OC(=O)c1ccc(Br)c(N)c1. The number of esters is 1. The van der Waals surface area contributed by atoms with Crippen molar-refractivity contribution in [3.05, 3.63) is 28.2 Å². The lowest BCUT2D eigenvalue weighted by Gasteiger charge is -2.30. The number of halogens is 1. The van der Waals surface area contributed by atoms with Crippen molar-refractivity contribution >= 4 is 27.6 Å². The van der Waals surface area contributed by atoms with Gasteiger partial charge in [-0.15, -0.1) is 0 Å². The molecule has 0 saturated heterocycles. The van der Waals surface area contributed by atoms with Gasteiger partial charge in [-0.05, 0) is 65.7 Å². The van der Waals surface area contributed by atoms with Gasteiger partial charge in [-0.1, -0.05) is 13.3 Å². The van der Waals surface area contributed by atoms with Crippen molar-refractivity contribution in [2.45, 2.75) is 45.1 Å². The molecule has 2 rings (SSSR count). The highest BCUT2D eigenvalue weighted by atomic mass is 79.9. The van der Waals surface area contributed by atoms with E-state index in [9.17, 15) is 4.79 Å². The van der Waals surface area contributed by atoms with Crippen molar-refractivity contribution < 1.29 is 9.53 Å². The largest absolute Gasteiger partial charge is 0.458 e. The van der Waals surface area contributed by atoms with Crippen LogP contribution in [0.2, 0.25) is 0 Å². The summed E-state index contributed by atoms with van der Waals surface area (Å²) in [6.07, 6.45) is 5.68. The minimum absolute atomic E-state index is 0.0659. The van der Waals surface area contributed by atoms with E-state index in [0.29, 0.717) is 17.2 Å². The van der Waals surface area contributed by atoms with Crippen LogP contribution >= 0.6 is 15.9 Å². The van der Waals surface area contributed by atoms with Crippen LogP contribution < -0.4 is 5.73 Å². The molecule has 2 N–H and O–H groups in total. The number of nitrogen functional groups attached to an aromatic ring is 1. The molecule has 19 heavy (non-hydrogen) atoms. The summed E-state index contributed by atoms with van der Waals surface area (Å²) in [7, 11) is 0. The molecule has 1 aromatic rings. The van der Waals surface area contributed by atoms with Gasteiger partial charge >= 0.3 is 5.97 Å². The van der Waals surface area contributed by atoms with Crippen LogP contribution in [0, 0.1) is 5.92 Å². The van der Waals surface area contributed by atoms with Crippen molar-refractivity contribution in [1.82, 2.24) is 0 Å². The van der Waals surface area contributed by atoms with Gasteiger partial charge in [-0.3, -0.25) is 0 Å². The number of anilines is 1. The molecule has 2 atom stereocenters. The molecule has 0 bridgehead atoms. The Morgan fingerprint density at radius 3 is 2.84 bits per heavy atom. The Labute approximate surface area is 122 Å². The Bertz CT molecular complexity index is 461. The highest BCUT2D eigenvalue weighted by Gasteiger charge is 2.27. The monoisotopic (exact) mass is 325 g/mol. The molecule has 1 aliphatic rings. The van der Waals surface area contributed by atoms with Crippen LogP contribution in [0.3, 0.4) is 0 Å². The van der Waals surface area contributed by atoms with Crippen LogP contribution in [0.15, 0.2) is 22.7 Å². The maximum absolute atomic E-state index is 12.1. The standard InChI is InChI=1S/C15H20BrNO2/c1-2-10-5-3-4-6-14(10)19-15(18)11-7-8-12(16)13(17)9-11/h7-10,14H,2-6,17H2,1H3. The fourth-order valence-electron chi connectivity index (χ4n) is 2.67. The molecule has 1 fully saturated rings. The smallest absolute Gasteiger partial charge is 0.338 e. The summed E-state index contributed by atoms with van der Waals surface area (Å²) in [6.45, 7) is 2.16. The van der Waals surface area contributed by atoms with Crippen LogP contribution in [-0.2, 0) is 4.74 Å². The normalized spacial score (nSPS) is 23.1. The zero-order chi connectivity index (χ0) is 13.8. The van der Waals surface area contributed by atoms with E-state index in [-0.39, 0.29) is 12.1 Å². The summed E-state index contributed by atoms with van der Waals surface area (Å²) in [5.41, 5.74) is 6.88. The third kappa shape index (κ3) is 3.50. The van der Waals surface area contributed by atoms with E-state index in [1.54, 1.807) is 18.2 Å². The Hall–Kier alpha value is -1.03. The number of hydrogen-bond donors (Lipinski definition) is 1. The molecule has 0 aliphatic heterocycles. The number of ether oxygens (including phenoxy) is 1. The van der Waals surface area contributed by atoms with Gasteiger partial charge in [0.15, 0.2) is 0 Å². The van der Waals surface area contributed by atoms with E-state index in [4.69, 9.17) is 10.5 Å². The summed E-state index contributed by atoms with van der Waals surface area (Å²) in [6, 6.07) is 5.19. The fourth-order valence-corrected chi connectivity index (χ4v) is 2.92. The second kappa shape index (κ2) is 6.42. The third-order valence-electron chi connectivity index (χ3n) is 3.85. The minimum atomic E-state index is -0.260. The summed E-state index contributed by atoms with van der Waals surface area (Å²) in [5.74, 6) is 0.245. The number of carbonyl (C=O) groups excluding carboxylic acids is 1. The molecule has 0 spiro atoms. The van der Waals surface area contributed by atoms with Gasteiger partial charge in [0.05, 0.1) is 5.56 Å². The quantitative estimate of drug-likeness (QED) is 0.670. The molecule has 2 unspecified atom stereocenters. The van der Waals surface area contributed by atoms with Crippen molar-refractivity contribution in [3.63, 3.8) is 0 Å². The van der Waals surface area contributed by atoms with Crippen molar-refractivity contribution in [3.8, 4) is 0 Å². The summed E-state index contributed by atoms with van der Waals surface area (Å²) in [4.78, 5) is 12.1. The fraction of sp³-hybridized carbons (Fsp3) is 0.533. The maximum atomic E-state index is 12.1. The summed E-state index contributed by atoms with van der Waals surface area (Å²) < 4.78 is 6.47. The molecule has 3 nitrogen and oxygen atoms in total. The second-order valence-electron chi connectivity index (χ2n) is 5.13. The van der Waals surface area contributed by atoms with Crippen LogP contribution in [0.25, 0.3) is 0 Å². The molecule has 0 radical (unpaired) electrons. The third-order valence-corrected chi connectivity index (χ3v) is 4.58. The van der Waals surface area contributed by atoms with Crippen molar-refractivity contribution in [2.24, 2.45) is 5.92 Å². The van der Waals surface area contributed by atoms with Gasteiger partial charge in [0.2, 0.25) is 0 Å². The Morgan fingerprint density at radius 2 is 2.16 bits per heavy atom. The van der Waals surface area contributed by atoms with Gasteiger partial charge in [0.25, 0.3) is 0 Å². The summed E-state index contributed by atoms with van der Waals surface area (Å²) >= 11 is 3.32. The lowest BCUT2D eigenvalue weighted by molar-refractivity contribution is 0.000714. The zero-order valence-corrected chi connectivity index (χ0v) is 12.8. The van der Waals surface area contributed by atoms with Gasteiger partial charge in [0.1, 0.15) is 6.10 Å². The first-order valence-corrected chi connectivity index (χ1v) is 7.67. The molecule has 1 aromatic carbocycles. The average molecular weight is 326 g/mol. The number of hydrogen-bond acceptors (Lipinski definition) is 3. The van der Waals surface area contributed by atoms with Crippen molar-refractivity contribution in [2.75, 3.05) is 5.73 Å². The molecule has 0 amide bonds. The van der Waals surface area contributed by atoms with Crippen LogP contribution in [0.1, 0.15) is 49.4 Å². The number of nitrogens with two attached hydrogens (primary N) is 1. The number of rotatable bonds is 3. The first kappa shape index (κ1) is 14.4. The predicted molar refractivity (Wildman–Crippen MR) is 80.0 cm³/mol. The first-order valence-electron chi connectivity index (χ1n) is 6.87. The molecular weight excluding hydrogens is 306 g/mol. The van der Waals surface area contributed by atoms with Gasteiger partial charge < -0.3 is 10.5 Å². The van der Waals surface area contributed by atoms with E-state index in [2.05, 4.69) is 22.9 Å². The lowest BCUT2D eigenvalue weighted by atomic mass is 9.85.